The molecule has 0 bridgehead atoms. The molecule has 1 saturated heterocycles. The fraction of sp³-hybridized carbons (Fsp3) is 0.533. The summed E-state index contributed by atoms with van der Waals surface area (Å²) < 4.78 is 6.09. The van der Waals surface area contributed by atoms with E-state index in [0.29, 0.717) is 18.6 Å². The van der Waals surface area contributed by atoms with Crippen LogP contribution in [0, 0.1) is 0 Å². The molecule has 92 valence electrons. The van der Waals surface area contributed by atoms with Crippen molar-refractivity contribution < 1.29 is 9.53 Å². The molecule has 2 nitrogen and oxygen atoms in total. The summed E-state index contributed by atoms with van der Waals surface area (Å²) in [5.41, 5.74) is 1.20. The molecule has 0 aliphatic carbocycles. The van der Waals surface area contributed by atoms with Crippen molar-refractivity contribution in [2.24, 2.45) is 0 Å². The number of rotatable bonds is 3. The van der Waals surface area contributed by atoms with Gasteiger partial charge in [-0.15, -0.1) is 0 Å². The van der Waals surface area contributed by atoms with Gasteiger partial charge in [0.05, 0.1) is 12.2 Å². The summed E-state index contributed by atoms with van der Waals surface area (Å²) in [6.07, 6.45) is 4.33. The molecule has 2 heteroatoms. The van der Waals surface area contributed by atoms with Crippen LogP contribution in [0.25, 0.3) is 0 Å². The first-order valence-electron chi connectivity index (χ1n) is 6.51. The van der Waals surface area contributed by atoms with Gasteiger partial charge in [0, 0.05) is 12.8 Å². The van der Waals surface area contributed by atoms with Crippen LogP contribution in [-0.4, -0.2) is 11.9 Å². The molecule has 0 radical (unpaired) electrons. The van der Waals surface area contributed by atoms with E-state index in [2.05, 4.69) is 19.1 Å². The molecule has 2 atom stereocenters. The third-order valence-electron chi connectivity index (χ3n) is 3.28. The van der Waals surface area contributed by atoms with Gasteiger partial charge in [0.2, 0.25) is 0 Å². The van der Waals surface area contributed by atoms with Crippen LogP contribution in [0.1, 0.15) is 50.7 Å². The Balaban J connectivity index is 2.09. The minimum atomic E-state index is 0.0965. The Bertz CT molecular complexity index is 358. The number of ketones is 1. The second kappa shape index (κ2) is 5.97. The Morgan fingerprint density at radius 3 is 2.76 bits per heavy atom. The van der Waals surface area contributed by atoms with Crippen molar-refractivity contribution >= 4 is 5.78 Å². The topological polar surface area (TPSA) is 26.3 Å². The number of carbonyl (C=O) groups is 1. The molecular formula is C15H20O2. The molecule has 0 aromatic heterocycles. The van der Waals surface area contributed by atoms with E-state index in [1.165, 1.54) is 5.56 Å². The fourth-order valence-corrected chi connectivity index (χ4v) is 2.40. The van der Waals surface area contributed by atoms with E-state index in [1.807, 2.05) is 18.2 Å². The molecule has 1 aromatic rings. The van der Waals surface area contributed by atoms with Crippen molar-refractivity contribution in [2.45, 2.75) is 51.2 Å². The monoisotopic (exact) mass is 232 g/mol. The average molecular weight is 232 g/mol. The summed E-state index contributed by atoms with van der Waals surface area (Å²) in [5.74, 6) is 0.349. The van der Waals surface area contributed by atoms with Gasteiger partial charge < -0.3 is 4.74 Å². The molecule has 0 saturated carbocycles. The molecule has 0 N–H and O–H groups in total. The van der Waals surface area contributed by atoms with Crippen LogP contribution in [0.5, 0.6) is 0 Å². The second-order valence-corrected chi connectivity index (χ2v) is 4.73. The molecule has 1 aliphatic rings. The van der Waals surface area contributed by atoms with E-state index in [4.69, 9.17) is 4.74 Å². The first kappa shape index (κ1) is 12.3. The van der Waals surface area contributed by atoms with E-state index in [1.54, 1.807) is 0 Å². The normalized spacial score (nSPS) is 25.6. The number of hydrogen-bond acceptors (Lipinski definition) is 2. The van der Waals surface area contributed by atoms with E-state index in [-0.39, 0.29) is 12.2 Å². The number of Topliss-reactive ketones (excluding diaryl/α,β-unsaturated/α-hetero) is 1. The van der Waals surface area contributed by atoms with Crippen molar-refractivity contribution in [1.82, 2.24) is 0 Å². The van der Waals surface area contributed by atoms with Crippen LogP contribution in [0.2, 0.25) is 0 Å². The third-order valence-corrected chi connectivity index (χ3v) is 3.28. The van der Waals surface area contributed by atoms with Crippen LogP contribution in [0.15, 0.2) is 30.3 Å². The highest BCUT2D eigenvalue weighted by molar-refractivity contribution is 5.79. The molecule has 0 unspecified atom stereocenters. The average Bonchev–Trinajstić information content (AvgIpc) is 2.53. The van der Waals surface area contributed by atoms with Crippen LogP contribution in [0.3, 0.4) is 0 Å². The van der Waals surface area contributed by atoms with Crippen molar-refractivity contribution in [2.75, 3.05) is 0 Å². The maximum absolute atomic E-state index is 11.7. The zero-order valence-corrected chi connectivity index (χ0v) is 10.4. The van der Waals surface area contributed by atoms with Crippen LogP contribution < -0.4 is 0 Å². The molecule has 1 heterocycles. The lowest BCUT2D eigenvalue weighted by Gasteiger charge is -2.21. The molecule has 1 aliphatic heterocycles. The highest BCUT2D eigenvalue weighted by atomic mass is 16.5. The zero-order valence-electron chi connectivity index (χ0n) is 10.4. The van der Waals surface area contributed by atoms with E-state index >= 15 is 0 Å². The van der Waals surface area contributed by atoms with Gasteiger partial charge in [0.25, 0.3) is 0 Å². The van der Waals surface area contributed by atoms with Crippen molar-refractivity contribution in [3.63, 3.8) is 0 Å². The van der Waals surface area contributed by atoms with E-state index < -0.39 is 0 Å². The lowest BCUT2D eigenvalue weighted by Crippen LogP contribution is -2.16. The smallest absolute Gasteiger partial charge is 0.135 e. The summed E-state index contributed by atoms with van der Waals surface area (Å²) in [7, 11) is 0. The zero-order chi connectivity index (χ0) is 12.1. The summed E-state index contributed by atoms with van der Waals surface area (Å²) in [6.45, 7) is 2.14. The second-order valence-electron chi connectivity index (χ2n) is 4.73. The molecule has 2 rings (SSSR count). The number of ether oxygens (including phenoxy) is 1. The Hall–Kier alpha value is -1.15. The SMILES string of the molecule is CCC[C@H]1CC(=O)CC[C@@H](c2ccccc2)O1. The molecule has 1 aromatic carbocycles. The van der Waals surface area contributed by atoms with Gasteiger partial charge in [-0.1, -0.05) is 43.7 Å². The molecule has 17 heavy (non-hydrogen) atoms. The van der Waals surface area contributed by atoms with Gasteiger partial charge >= 0.3 is 0 Å². The van der Waals surface area contributed by atoms with Crippen LogP contribution in [0.4, 0.5) is 0 Å². The minimum Gasteiger partial charge on any atom is -0.370 e. The van der Waals surface area contributed by atoms with Gasteiger partial charge in [0.1, 0.15) is 5.78 Å². The van der Waals surface area contributed by atoms with Crippen molar-refractivity contribution in [1.29, 1.82) is 0 Å². The van der Waals surface area contributed by atoms with Gasteiger partial charge in [0.15, 0.2) is 0 Å². The minimum absolute atomic E-state index is 0.0965. The Kier molecular flexibility index (Phi) is 4.32. The quantitative estimate of drug-likeness (QED) is 0.795. The van der Waals surface area contributed by atoms with Crippen LogP contribution in [-0.2, 0) is 9.53 Å². The molecule has 1 fully saturated rings. The lowest BCUT2D eigenvalue weighted by atomic mass is 10.0. The Morgan fingerprint density at radius 2 is 2.06 bits per heavy atom. The Labute approximate surface area is 103 Å². The van der Waals surface area contributed by atoms with Gasteiger partial charge in [-0.05, 0) is 18.4 Å². The summed E-state index contributed by atoms with van der Waals surface area (Å²) in [5, 5.41) is 0. The molecule has 0 amide bonds. The van der Waals surface area contributed by atoms with Crippen molar-refractivity contribution in [3.05, 3.63) is 35.9 Å². The Morgan fingerprint density at radius 1 is 1.29 bits per heavy atom. The lowest BCUT2D eigenvalue weighted by molar-refractivity contribution is -0.120. The number of hydrogen-bond donors (Lipinski definition) is 0. The van der Waals surface area contributed by atoms with Gasteiger partial charge in [-0.25, -0.2) is 0 Å². The van der Waals surface area contributed by atoms with Crippen molar-refractivity contribution in [3.8, 4) is 0 Å². The highest BCUT2D eigenvalue weighted by Crippen LogP contribution is 2.30. The standard InChI is InChI=1S/C15H20O2/c1-2-6-14-11-13(16)9-10-15(17-14)12-7-4-3-5-8-12/h3-5,7-8,14-15H,2,6,9-11H2,1H3/t14-,15-/m0/s1. The third kappa shape index (κ3) is 3.40. The summed E-state index contributed by atoms with van der Waals surface area (Å²) in [6, 6.07) is 10.2. The van der Waals surface area contributed by atoms with E-state index in [9.17, 15) is 4.79 Å². The predicted octanol–water partition coefficient (Wildman–Crippen LogP) is 3.67. The predicted molar refractivity (Wildman–Crippen MR) is 67.8 cm³/mol. The fourth-order valence-electron chi connectivity index (χ4n) is 2.40. The van der Waals surface area contributed by atoms with E-state index in [0.717, 1.165) is 19.3 Å². The number of carbonyl (C=O) groups excluding carboxylic acids is 1. The highest BCUT2D eigenvalue weighted by Gasteiger charge is 2.24. The maximum Gasteiger partial charge on any atom is 0.135 e. The molecule has 0 spiro atoms. The van der Waals surface area contributed by atoms with Crippen LogP contribution >= 0.6 is 0 Å². The number of benzene rings is 1. The first-order chi connectivity index (χ1) is 8.29. The van der Waals surface area contributed by atoms with Gasteiger partial charge in [-0.3, -0.25) is 4.79 Å². The van der Waals surface area contributed by atoms with Gasteiger partial charge in [-0.2, -0.15) is 0 Å². The maximum atomic E-state index is 11.7. The first-order valence-corrected chi connectivity index (χ1v) is 6.51. The molecular weight excluding hydrogens is 212 g/mol. The largest absolute Gasteiger partial charge is 0.370 e. The summed E-state index contributed by atoms with van der Waals surface area (Å²) >= 11 is 0. The summed E-state index contributed by atoms with van der Waals surface area (Å²) in [4.78, 5) is 11.7.